The normalized spacial score (nSPS) is 31.3. The minimum Gasteiger partial charge on any atom is -0.372 e. The van der Waals surface area contributed by atoms with Gasteiger partial charge >= 0.3 is 11.4 Å². The third-order valence-electron chi connectivity index (χ3n) is 6.24. The van der Waals surface area contributed by atoms with Gasteiger partial charge in [0.1, 0.15) is 18.1 Å². The second-order valence-electron chi connectivity index (χ2n) is 7.69. The lowest BCUT2D eigenvalue weighted by Gasteiger charge is -2.53. The number of hydrogen-bond acceptors (Lipinski definition) is 9. The summed E-state index contributed by atoms with van der Waals surface area (Å²) >= 11 is 0. The average molecular weight is 450 g/mol. The fourth-order valence-electron chi connectivity index (χ4n) is 5.03. The minimum absolute atomic E-state index is 0.00474. The number of anilines is 1. The van der Waals surface area contributed by atoms with Gasteiger partial charge in [-0.3, -0.25) is 35.1 Å². The van der Waals surface area contributed by atoms with E-state index < -0.39 is 45.6 Å². The van der Waals surface area contributed by atoms with Crippen LogP contribution in [-0.4, -0.2) is 63.6 Å². The summed E-state index contributed by atoms with van der Waals surface area (Å²) in [6.45, 7) is 3.73. The van der Waals surface area contributed by atoms with Crippen molar-refractivity contribution in [1.29, 1.82) is 0 Å². The standard InChI is InChI=1S/C19H22N4O9/c1-3-30-15-10-14-17-13(9-16(31-4-2)32-22(17)27)19(15,23(28)29)18(24)20(14)11-5-7-12(8-6-11)21(25)26/h5-8,13-16H,3-4,9-10H2,1-2H3/t13-,14-,15-,16-,19+/m1/s1. The van der Waals surface area contributed by atoms with E-state index in [1.807, 2.05) is 0 Å². The van der Waals surface area contributed by atoms with Gasteiger partial charge in [-0.05, 0) is 26.0 Å². The molecule has 3 heterocycles. The Kier molecular flexibility index (Phi) is 5.46. The molecule has 172 valence electrons. The first-order chi connectivity index (χ1) is 15.3. The van der Waals surface area contributed by atoms with Crippen LogP contribution in [0.25, 0.3) is 0 Å². The number of benzene rings is 1. The summed E-state index contributed by atoms with van der Waals surface area (Å²) in [4.78, 5) is 42.7. The predicted octanol–water partition coefficient (Wildman–Crippen LogP) is 1.40. The van der Waals surface area contributed by atoms with Gasteiger partial charge in [0.25, 0.3) is 11.4 Å². The van der Waals surface area contributed by atoms with Gasteiger partial charge in [0, 0.05) is 53.7 Å². The van der Waals surface area contributed by atoms with Crippen LogP contribution in [0.15, 0.2) is 24.3 Å². The fourth-order valence-corrected chi connectivity index (χ4v) is 5.03. The Hall–Kier alpha value is -3.32. The lowest BCUT2D eigenvalue weighted by Crippen LogP contribution is -2.81. The Balaban J connectivity index is 1.88. The molecule has 1 aliphatic carbocycles. The maximum absolute atomic E-state index is 13.7. The number of nitro groups is 2. The van der Waals surface area contributed by atoms with Gasteiger partial charge in [-0.2, -0.15) is 0 Å². The van der Waals surface area contributed by atoms with Crippen LogP contribution in [0.2, 0.25) is 0 Å². The first-order valence-corrected chi connectivity index (χ1v) is 10.2. The molecule has 0 N–H and O–H groups in total. The number of carbonyl (C=O) groups is 1. The van der Waals surface area contributed by atoms with E-state index >= 15 is 0 Å². The van der Waals surface area contributed by atoms with Crippen LogP contribution < -0.4 is 4.90 Å². The summed E-state index contributed by atoms with van der Waals surface area (Å²) in [5.74, 6) is -1.91. The summed E-state index contributed by atoms with van der Waals surface area (Å²) < 4.78 is 11.1. The molecule has 13 nitrogen and oxygen atoms in total. The van der Waals surface area contributed by atoms with Crippen molar-refractivity contribution >= 4 is 23.0 Å². The SMILES string of the molecule is CCO[C@H]1C[C@@H]2C(=[N+]([O-])O1)[C@H]1C[C@@H](OCC)[C@]2([N+](=O)[O-])C(=O)N1c1ccc([N+](=O)[O-])cc1. The van der Waals surface area contributed by atoms with Crippen LogP contribution in [-0.2, 0) is 19.1 Å². The molecule has 32 heavy (non-hydrogen) atoms. The number of rotatable bonds is 7. The lowest BCUT2D eigenvalue weighted by atomic mass is 9.61. The molecule has 2 bridgehead atoms. The smallest absolute Gasteiger partial charge is 0.337 e. The Labute approximate surface area is 182 Å². The van der Waals surface area contributed by atoms with E-state index in [9.17, 15) is 30.2 Å². The van der Waals surface area contributed by atoms with Crippen LogP contribution in [0.5, 0.6) is 0 Å². The molecule has 0 spiro atoms. The summed E-state index contributed by atoms with van der Waals surface area (Å²) in [6.07, 6.45) is -2.14. The number of fused-ring (bicyclic) bond motifs is 2. The van der Waals surface area contributed by atoms with Gasteiger partial charge < -0.3 is 14.3 Å². The highest BCUT2D eigenvalue weighted by molar-refractivity contribution is 6.14. The number of piperidine rings is 2. The van der Waals surface area contributed by atoms with Gasteiger partial charge in [-0.1, -0.05) is 0 Å². The lowest BCUT2D eigenvalue weighted by molar-refractivity contribution is -0.776. The number of nitrogens with zero attached hydrogens (tertiary/aromatic N) is 4. The molecule has 3 fully saturated rings. The highest BCUT2D eigenvalue weighted by Crippen LogP contribution is 2.50. The van der Waals surface area contributed by atoms with Gasteiger partial charge in [-0.25, -0.2) is 0 Å². The second-order valence-corrected chi connectivity index (χ2v) is 7.69. The molecule has 5 atom stereocenters. The maximum Gasteiger partial charge on any atom is 0.337 e. The van der Waals surface area contributed by atoms with Crippen LogP contribution in [0.4, 0.5) is 11.4 Å². The Morgan fingerprint density at radius 3 is 2.38 bits per heavy atom. The quantitative estimate of drug-likeness (QED) is 0.340. The number of ether oxygens (including phenoxy) is 2. The molecule has 3 aliphatic heterocycles. The minimum atomic E-state index is -2.26. The van der Waals surface area contributed by atoms with Gasteiger partial charge in [0.2, 0.25) is 0 Å². The van der Waals surface area contributed by atoms with Crippen molar-refractivity contribution in [2.75, 3.05) is 18.1 Å². The molecule has 4 aliphatic rings. The van der Waals surface area contributed by atoms with E-state index in [1.54, 1.807) is 13.8 Å². The summed E-state index contributed by atoms with van der Waals surface area (Å²) in [5.41, 5.74) is -2.20. The van der Waals surface area contributed by atoms with E-state index in [4.69, 9.17) is 14.3 Å². The first kappa shape index (κ1) is 21.9. The maximum atomic E-state index is 13.7. The topological polar surface area (TPSA) is 160 Å². The molecular weight excluding hydrogens is 428 g/mol. The van der Waals surface area contributed by atoms with E-state index in [-0.39, 0.29) is 48.0 Å². The van der Waals surface area contributed by atoms with E-state index in [2.05, 4.69) is 0 Å². The number of non-ortho nitro benzene ring substituents is 1. The largest absolute Gasteiger partial charge is 0.372 e. The average Bonchev–Trinajstić information content (AvgIpc) is 2.74. The van der Waals surface area contributed by atoms with Gasteiger partial charge in [0.05, 0.1) is 4.92 Å². The molecule has 0 unspecified atom stereocenters. The zero-order chi connectivity index (χ0) is 23.2. The third kappa shape index (κ3) is 2.99. The van der Waals surface area contributed by atoms with Crippen molar-refractivity contribution in [1.82, 2.24) is 0 Å². The molecular formula is C19H22N4O9. The summed E-state index contributed by atoms with van der Waals surface area (Å²) in [6, 6.07) is 4.19. The fraction of sp³-hybridized carbons (Fsp3) is 0.579. The van der Waals surface area contributed by atoms with E-state index in [0.717, 1.165) is 4.90 Å². The van der Waals surface area contributed by atoms with E-state index in [1.165, 1.54) is 24.3 Å². The Morgan fingerprint density at radius 2 is 1.81 bits per heavy atom. The Morgan fingerprint density at radius 1 is 1.16 bits per heavy atom. The van der Waals surface area contributed by atoms with Crippen molar-refractivity contribution in [3.63, 3.8) is 0 Å². The zero-order valence-electron chi connectivity index (χ0n) is 17.4. The number of carbonyl (C=O) groups excluding carboxylic acids is 1. The van der Waals surface area contributed by atoms with Crippen molar-refractivity contribution in [3.8, 4) is 0 Å². The van der Waals surface area contributed by atoms with Crippen LogP contribution in [0, 0.1) is 31.4 Å². The van der Waals surface area contributed by atoms with Crippen molar-refractivity contribution in [2.45, 2.75) is 50.7 Å². The third-order valence-corrected chi connectivity index (χ3v) is 6.24. The highest BCUT2D eigenvalue weighted by Gasteiger charge is 2.78. The van der Waals surface area contributed by atoms with Crippen LogP contribution in [0.3, 0.4) is 0 Å². The number of nitro benzene ring substituents is 1. The molecule has 13 heteroatoms. The molecule has 0 radical (unpaired) electrons. The van der Waals surface area contributed by atoms with Crippen molar-refractivity contribution < 1.29 is 33.9 Å². The molecule has 1 amide bonds. The number of amides is 1. The van der Waals surface area contributed by atoms with Crippen LogP contribution >= 0.6 is 0 Å². The molecule has 1 aromatic rings. The van der Waals surface area contributed by atoms with Gasteiger partial charge in [-0.15, -0.1) is 0 Å². The predicted molar refractivity (Wildman–Crippen MR) is 107 cm³/mol. The van der Waals surface area contributed by atoms with Crippen LogP contribution in [0.1, 0.15) is 26.7 Å². The molecule has 2 saturated heterocycles. The Bertz CT molecular complexity index is 982. The molecule has 1 saturated carbocycles. The second kappa shape index (κ2) is 7.98. The first-order valence-electron chi connectivity index (χ1n) is 10.2. The van der Waals surface area contributed by atoms with Gasteiger partial charge in [0.15, 0.2) is 6.29 Å². The summed E-state index contributed by atoms with van der Waals surface area (Å²) in [5, 5.41) is 36.4. The molecule has 1 aromatic carbocycles. The molecule has 0 aromatic heterocycles. The monoisotopic (exact) mass is 450 g/mol. The van der Waals surface area contributed by atoms with E-state index in [0.29, 0.717) is 0 Å². The highest BCUT2D eigenvalue weighted by atomic mass is 16.9. The molecule has 5 rings (SSSR count). The van der Waals surface area contributed by atoms with Crippen molar-refractivity contribution in [3.05, 3.63) is 49.7 Å². The summed E-state index contributed by atoms with van der Waals surface area (Å²) in [7, 11) is 0. The zero-order valence-corrected chi connectivity index (χ0v) is 17.4. The number of hydrogen-bond donors (Lipinski definition) is 0. The van der Waals surface area contributed by atoms with Crippen molar-refractivity contribution in [2.24, 2.45) is 5.92 Å².